The average molecular weight is 399 g/mol. The number of H-pyrrole nitrogens is 1. The monoisotopic (exact) mass is 398 g/mol. The van der Waals surface area contributed by atoms with Gasteiger partial charge >= 0.3 is 0 Å². The van der Waals surface area contributed by atoms with Crippen molar-refractivity contribution < 1.29 is 4.39 Å². The topological polar surface area (TPSA) is 19.0 Å². The first-order chi connectivity index (χ1) is 14.8. The summed E-state index contributed by atoms with van der Waals surface area (Å²) < 4.78 is 13.4. The molecule has 1 aromatic heterocycles. The number of nitrogens with one attached hydrogen (secondary N) is 1. The predicted molar refractivity (Wildman–Crippen MR) is 122 cm³/mol. The Morgan fingerprint density at radius 3 is 2.43 bits per heavy atom. The van der Waals surface area contributed by atoms with E-state index in [0.717, 1.165) is 44.5 Å². The molecule has 0 atom stereocenters. The summed E-state index contributed by atoms with van der Waals surface area (Å²) in [7, 11) is 0. The van der Waals surface area contributed by atoms with Crippen molar-refractivity contribution in [1.82, 2.24) is 9.88 Å². The zero-order chi connectivity index (χ0) is 20.3. The van der Waals surface area contributed by atoms with Gasteiger partial charge in [-0.05, 0) is 73.2 Å². The molecule has 1 N–H and O–H groups in total. The fourth-order valence-electron chi connectivity index (χ4n) is 4.85. The first-order valence-corrected chi connectivity index (χ1v) is 10.9. The number of hydrogen-bond acceptors (Lipinski definition) is 1. The maximum Gasteiger partial charge on any atom is 0.123 e. The van der Waals surface area contributed by atoms with Crippen molar-refractivity contribution in [2.45, 2.75) is 25.2 Å². The third-order valence-electron chi connectivity index (χ3n) is 6.41. The van der Waals surface area contributed by atoms with Crippen LogP contribution < -0.4 is 0 Å². The van der Waals surface area contributed by atoms with Gasteiger partial charge in [0.2, 0.25) is 0 Å². The van der Waals surface area contributed by atoms with Gasteiger partial charge in [0.1, 0.15) is 5.82 Å². The zero-order valence-electron chi connectivity index (χ0n) is 17.2. The Morgan fingerprint density at radius 2 is 1.63 bits per heavy atom. The Hall–Kier alpha value is -2.91. The van der Waals surface area contributed by atoms with E-state index >= 15 is 0 Å². The fraction of sp³-hybridized carbons (Fsp3) is 0.259. The van der Waals surface area contributed by atoms with Crippen LogP contribution in [0.25, 0.3) is 22.2 Å². The van der Waals surface area contributed by atoms with Crippen molar-refractivity contribution in [3.63, 3.8) is 0 Å². The molecule has 0 radical (unpaired) electrons. The summed E-state index contributed by atoms with van der Waals surface area (Å²) in [5.74, 6) is 0.417. The van der Waals surface area contributed by atoms with E-state index in [-0.39, 0.29) is 5.82 Å². The van der Waals surface area contributed by atoms with E-state index in [4.69, 9.17) is 0 Å². The van der Waals surface area contributed by atoms with Gasteiger partial charge in [-0.3, -0.25) is 0 Å². The van der Waals surface area contributed by atoms with Crippen LogP contribution >= 0.6 is 0 Å². The van der Waals surface area contributed by atoms with Gasteiger partial charge in [-0.15, -0.1) is 0 Å². The minimum absolute atomic E-state index is 0.140. The van der Waals surface area contributed by atoms with Gasteiger partial charge in [0, 0.05) is 23.1 Å². The highest BCUT2D eigenvalue weighted by Gasteiger charge is 2.26. The number of benzene rings is 3. The molecule has 1 aliphatic heterocycles. The lowest BCUT2D eigenvalue weighted by Gasteiger charge is -2.32. The number of likely N-dealkylation sites (tertiary alicyclic amines) is 1. The standard InChI is InChI=1S/C27H27FN2/c28-23-10-6-7-20(19-23)13-16-30-17-14-21(15-18-30)26-24-11-4-5-12-25(24)29-27(26)22-8-2-1-3-9-22/h1-12,19,21,29H,13-18H2. The number of fused-ring (bicyclic) bond motifs is 1. The Kier molecular flexibility index (Phi) is 5.37. The smallest absolute Gasteiger partial charge is 0.123 e. The summed E-state index contributed by atoms with van der Waals surface area (Å²) in [6, 6.07) is 26.4. The van der Waals surface area contributed by atoms with Crippen LogP contribution in [0.15, 0.2) is 78.9 Å². The second-order valence-corrected chi connectivity index (χ2v) is 8.32. The van der Waals surface area contributed by atoms with Crippen LogP contribution in [0.5, 0.6) is 0 Å². The molecular formula is C27H27FN2. The van der Waals surface area contributed by atoms with Gasteiger partial charge in [-0.1, -0.05) is 60.7 Å². The zero-order valence-corrected chi connectivity index (χ0v) is 17.2. The van der Waals surface area contributed by atoms with Crippen LogP contribution in [0.2, 0.25) is 0 Å². The molecule has 3 aromatic carbocycles. The van der Waals surface area contributed by atoms with E-state index in [1.165, 1.54) is 33.8 Å². The van der Waals surface area contributed by atoms with Crippen LogP contribution in [0.1, 0.15) is 29.9 Å². The third-order valence-corrected chi connectivity index (χ3v) is 6.41. The van der Waals surface area contributed by atoms with Crippen molar-refractivity contribution in [3.8, 4) is 11.3 Å². The highest BCUT2D eigenvalue weighted by atomic mass is 19.1. The van der Waals surface area contributed by atoms with Crippen molar-refractivity contribution in [3.05, 3.63) is 95.8 Å². The molecule has 4 aromatic rings. The summed E-state index contributed by atoms with van der Waals surface area (Å²) >= 11 is 0. The normalized spacial score (nSPS) is 15.6. The fourth-order valence-corrected chi connectivity index (χ4v) is 4.85. The number of nitrogens with zero attached hydrogens (tertiary/aromatic N) is 1. The lowest BCUT2D eigenvalue weighted by atomic mass is 9.86. The van der Waals surface area contributed by atoms with E-state index in [1.54, 1.807) is 12.1 Å². The van der Waals surface area contributed by atoms with E-state index < -0.39 is 0 Å². The molecule has 2 heterocycles. The number of hydrogen-bond donors (Lipinski definition) is 1. The molecule has 2 nitrogen and oxygen atoms in total. The van der Waals surface area contributed by atoms with Gasteiger partial charge < -0.3 is 9.88 Å². The van der Waals surface area contributed by atoms with Gasteiger partial charge in [-0.2, -0.15) is 0 Å². The van der Waals surface area contributed by atoms with Crippen molar-refractivity contribution in [1.29, 1.82) is 0 Å². The maximum atomic E-state index is 13.4. The van der Waals surface area contributed by atoms with Gasteiger partial charge in [-0.25, -0.2) is 4.39 Å². The number of halogens is 1. The van der Waals surface area contributed by atoms with Gasteiger partial charge in [0.05, 0.1) is 0 Å². The quantitative estimate of drug-likeness (QED) is 0.412. The molecule has 0 spiro atoms. The minimum Gasteiger partial charge on any atom is -0.354 e. The molecule has 0 unspecified atom stereocenters. The minimum atomic E-state index is -0.140. The summed E-state index contributed by atoms with van der Waals surface area (Å²) in [6.07, 6.45) is 3.22. The number of piperidine rings is 1. The number of para-hydroxylation sites is 1. The molecular weight excluding hydrogens is 371 g/mol. The predicted octanol–water partition coefficient (Wildman–Crippen LogP) is 6.40. The molecule has 0 aliphatic carbocycles. The van der Waals surface area contributed by atoms with Gasteiger partial charge in [0.25, 0.3) is 0 Å². The van der Waals surface area contributed by atoms with Crippen LogP contribution in [0.3, 0.4) is 0 Å². The molecule has 0 bridgehead atoms. The molecule has 152 valence electrons. The molecule has 1 fully saturated rings. The van der Waals surface area contributed by atoms with Crippen molar-refractivity contribution in [2.24, 2.45) is 0 Å². The Bertz CT molecular complexity index is 1120. The number of aromatic nitrogens is 1. The van der Waals surface area contributed by atoms with E-state index in [9.17, 15) is 4.39 Å². The van der Waals surface area contributed by atoms with Crippen molar-refractivity contribution >= 4 is 10.9 Å². The van der Waals surface area contributed by atoms with Crippen LogP contribution in [-0.4, -0.2) is 29.5 Å². The first kappa shape index (κ1) is 19.1. The summed E-state index contributed by atoms with van der Waals surface area (Å²) in [5.41, 5.74) is 6.31. The highest BCUT2D eigenvalue weighted by molar-refractivity contribution is 5.91. The average Bonchev–Trinajstić information content (AvgIpc) is 3.18. The van der Waals surface area contributed by atoms with E-state index in [2.05, 4.69) is 64.5 Å². The third kappa shape index (κ3) is 3.90. The molecule has 0 amide bonds. The molecule has 30 heavy (non-hydrogen) atoms. The second-order valence-electron chi connectivity index (χ2n) is 8.32. The first-order valence-electron chi connectivity index (χ1n) is 10.9. The molecule has 0 saturated carbocycles. The molecule has 1 saturated heterocycles. The van der Waals surface area contributed by atoms with Crippen LogP contribution in [0.4, 0.5) is 4.39 Å². The molecule has 1 aliphatic rings. The van der Waals surface area contributed by atoms with Gasteiger partial charge in [0.15, 0.2) is 0 Å². The Morgan fingerprint density at radius 1 is 0.867 bits per heavy atom. The Balaban J connectivity index is 1.33. The number of aromatic amines is 1. The lowest BCUT2D eigenvalue weighted by Crippen LogP contribution is -2.34. The SMILES string of the molecule is Fc1cccc(CCN2CCC(c3c(-c4ccccc4)[nH]c4ccccc34)CC2)c1. The molecule has 5 rings (SSSR count). The summed E-state index contributed by atoms with van der Waals surface area (Å²) in [5, 5.41) is 1.36. The second kappa shape index (κ2) is 8.45. The highest BCUT2D eigenvalue weighted by Crippen LogP contribution is 2.40. The maximum absolute atomic E-state index is 13.4. The van der Waals surface area contributed by atoms with E-state index in [1.807, 2.05) is 6.07 Å². The number of rotatable bonds is 5. The lowest BCUT2D eigenvalue weighted by molar-refractivity contribution is 0.215. The largest absolute Gasteiger partial charge is 0.354 e. The van der Waals surface area contributed by atoms with E-state index in [0.29, 0.717) is 5.92 Å². The molecule has 3 heteroatoms. The van der Waals surface area contributed by atoms with Crippen molar-refractivity contribution in [2.75, 3.05) is 19.6 Å². The van der Waals surface area contributed by atoms with Crippen LogP contribution in [0, 0.1) is 5.82 Å². The summed E-state index contributed by atoms with van der Waals surface area (Å²) in [6.45, 7) is 3.18. The Labute approximate surface area is 177 Å². The van der Waals surface area contributed by atoms with Crippen LogP contribution in [-0.2, 0) is 6.42 Å². The summed E-state index contributed by atoms with van der Waals surface area (Å²) in [4.78, 5) is 6.22.